The molecule has 2 rings (SSSR count). The van der Waals surface area contributed by atoms with Crippen molar-refractivity contribution in [2.75, 3.05) is 7.05 Å². The summed E-state index contributed by atoms with van der Waals surface area (Å²) in [5.74, 6) is 0. The summed E-state index contributed by atoms with van der Waals surface area (Å²) in [4.78, 5) is 0. The zero-order chi connectivity index (χ0) is 20.9. The second kappa shape index (κ2) is 13.4. The summed E-state index contributed by atoms with van der Waals surface area (Å²) in [6.07, 6.45) is 11.9. The summed E-state index contributed by atoms with van der Waals surface area (Å²) in [5, 5.41) is 3.22. The van der Waals surface area contributed by atoms with Crippen LogP contribution in [-0.4, -0.2) is 7.05 Å². The Morgan fingerprint density at radius 2 is 1.48 bits per heavy atom. The molecule has 0 aromatic heterocycles. The van der Waals surface area contributed by atoms with E-state index in [1.165, 1.54) is 85.6 Å². The van der Waals surface area contributed by atoms with Gasteiger partial charge in [0.15, 0.2) is 0 Å². The van der Waals surface area contributed by atoms with E-state index in [4.69, 9.17) is 0 Å². The molecule has 158 valence electrons. The third kappa shape index (κ3) is 7.82. The van der Waals surface area contributed by atoms with E-state index >= 15 is 0 Å². The highest BCUT2D eigenvalue weighted by atomic mass is 14.8. The lowest BCUT2D eigenvalue weighted by atomic mass is 9.92. The lowest BCUT2D eigenvalue weighted by Crippen LogP contribution is -2.04. The molecule has 0 spiro atoms. The molecule has 0 fully saturated rings. The lowest BCUT2D eigenvalue weighted by molar-refractivity contribution is 0.601. The normalized spacial score (nSPS) is 12.1. The summed E-state index contributed by atoms with van der Waals surface area (Å²) in [7, 11) is 1.99. The second-order valence-corrected chi connectivity index (χ2v) is 8.30. The van der Waals surface area contributed by atoms with Gasteiger partial charge in [0.25, 0.3) is 0 Å². The van der Waals surface area contributed by atoms with Gasteiger partial charge in [-0.05, 0) is 67.1 Å². The molecule has 0 heterocycles. The quantitative estimate of drug-likeness (QED) is 0.338. The highest BCUT2D eigenvalue weighted by Crippen LogP contribution is 2.29. The van der Waals surface area contributed by atoms with Crippen molar-refractivity contribution < 1.29 is 0 Å². The first-order chi connectivity index (χ1) is 14.2. The Morgan fingerprint density at radius 3 is 2.17 bits per heavy atom. The van der Waals surface area contributed by atoms with E-state index in [0.29, 0.717) is 0 Å². The van der Waals surface area contributed by atoms with Crippen molar-refractivity contribution in [1.29, 1.82) is 0 Å². The number of nitrogens with one attached hydrogen (secondary N) is 1. The van der Waals surface area contributed by atoms with Crippen molar-refractivity contribution in [3.05, 3.63) is 65.2 Å². The maximum Gasteiger partial charge on any atom is 0.0202 e. The number of unbranched alkanes of at least 4 members (excludes halogenated alkanes) is 5. The number of hydrogen-bond donors (Lipinski definition) is 1. The van der Waals surface area contributed by atoms with Crippen LogP contribution in [0, 0.1) is 0 Å². The standard InChI is InChI=1S/C28H41N/c1-5-7-8-9-10-11-14-25(13-6-2)23(3)27-15-12-16-28(21-27)26-19-17-24(18-20-26)22-29-4/h12,15-21,29H,5-11,13-14,22H2,1-4H3/b25-23-. The number of benzene rings is 2. The summed E-state index contributed by atoms with van der Waals surface area (Å²) < 4.78 is 0. The Hall–Kier alpha value is -1.86. The van der Waals surface area contributed by atoms with Crippen LogP contribution in [0.15, 0.2) is 54.1 Å². The van der Waals surface area contributed by atoms with E-state index in [9.17, 15) is 0 Å². The Kier molecular flexibility index (Phi) is 10.8. The van der Waals surface area contributed by atoms with E-state index in [1.54, 1.807) is 5.57 Å². The van der Waals surface area contributed by atoms with Crippen LogP contribution < -0.4 is 5.32 Å². The van der Waals surface area contributed by atoms with Crippen LogP contribution in [0.5, 0.6) is 0 Å². The number of allylic oxidation sites excluding steroid dienone is 2. The average Bonchev–Trinajstić information content (AvgIpc) is 2.76. The molecular formula is C28H41N. The smallest absolute Gasteiger partial charge is 0.0202 e. The van der Waals surface area contributed by atoms with Crippen LogP contribution in [0.25, 0.3) is 16.7 Å². The summed E-state index contributed by atoms with van der Waals surface area (Å²) >= 11 is 0. The zero-order valence-electron chi connectivity index (χ0n) is 19.2. The van der Waals surface area contributed by atoms with Crippen LogP contribution >= 0.6 is 0 Å². The van der Waals surface area contributed by atoms with E-state index in [0.717, 1.165) is 6.54 Å². The molecule has 29 heavy (non-hydrogen) atoms. The van der Waals surface area contributed by atoms with Crippen molar-refractivity contribution in [3.63, 3.8) is 0 Å². The van der Waals surface area contributed by atoms with Gasteiger partial charge < -0.3 is 5.32 Å². The maximum atomic E-state index is 3.22. The molecule has 0 aliphatic rings. The van der Waals surface area contributed by atoms with Gasteiger partial charge >= 0.3 is 0 Å². The largest absolute Gasteiger partial charge is 0.316 e. The highest BCUT2D eigenvalue weighted by molar-refractivity contribution is 5.73. The molecule has 0 bridgehead atoms. The minimum Gasteiger partial charge on any atom is -0.316 e. The van der Waals surface area contributed by atoms with Gasteiger partial charge in [-0.2, -0.15) is 0 Å². The third-order valence-electron chi connectivity index (χ3n) is 5.88. The van der Waals surface area contributed by atoms with Crippen LogP contribution in [0.2, 0.25) is 0 Å². The topological polar surface area (TPSA) is 12.0 Å². The molecule has 2 aromatic rings. The van der Waals surface area contributed by atoms with Gasteiger partial charge in [-0.15, -0.1) is 0 Å². The predicted octanol–water partition coefficient (Wildman–Crippen LogP) is 8.40. The minimum absolute atomic E-state index is 0.918. The van der Waals surface area contributed by atoms with Crippen molar-refractivity contribution in [3.8, 4) is 11.1 Å². The monoisotopic (exact) mass is 391 g/mol. The van der Waals surface area contributed by atoms with Crippen molar-refractivity contribution >= 4 is 5.57 Å². The van der Waals surface area contributed by atoms with Crippen LogP contribution in [0.4, 0.5) is 0 Å². The fourth-order valence-electron chi connectivity index (χ4n) is 4.08. The molecule has 0 saturated carbocycles. The molecule has 1 nitrogen and oxygen atoms in total. The van der Waals surface area contributed by atoms with Gasteiger partial charge in [0.1, 0.15) is 0 Å². The number of hydrogen-bond acceptors (Lipinski definition) is 1. The summed E-state index contributed by atoms with van der Waals surface area (Å²) in [5.41, 5.74) is 8.48. The summed E-state index contributed by atoms with van der Waals surface area (Å²) in [6, 6.07) is 18.0. The van der Waals surface area contributed by atoms with Crippen molar-refractivity contribution in [1.82, 2.24) is 5.32 Å². The van der Waals surface area contributed by atoms with E-state index in [-0.39, 0.29) is 0 Å². The highest BCUT2D eigenvalue weighted by Gasteiger charge is 2.07. The second-order valence-electron chi connectivity index (χ2n) is 8.30. The molecule has 0 amide bonds. The Balaban J connectivity index is 2.11. The fourth-order valence-corrected chi connectivity index (χ4v) is 4.08. The van der Waals surface area contributed by atoms with Gasteiger partial charge in [0.2, 0.25) is 0 Å². The molecule has 0 unspecified atom stereocenters. The Bertz CT molecular complexity index is 739. The lowest BCUT2D eigenvalue weighted by Gasteiger charge is -2.14. The predicted molar refractivity (Wildman–Crippen MR) is 130 cm³/mol. The molecule has 0 atom stereocenters. The first-order valence-electron chi connectivity index (χ1n) is 11.7. The van der Waals surface area contributed by atoms with Gasteiger partial charge in [0, 0.05) is 6.54 Å². The van der Waals surface area contributed by atoms with Crippen LogP contribution in [0.3, 0.4) is 0 Å². The van der Waals surface area contributed by atoms with Crippen LogP contribution in [-0.2, 0) is 6.54 Å². The van der Waals surface area contributed by atoms with E-state index < -0.39 is 0 Å². The van der Waals surface area contributed by atoms with Gasteiger partial charge in [-0.3, -0.25) is 0 Å². The maximum absolute atomic E-state index is 3.22. The first kappa shape index (κ1) is 23.4. The molecule has 0 saturated heterocycles. The van der Waals surface area contributed by atoms with E-state index in [1.807, 2.05) is 7.05 Å². The van der Waals surface area contributed by atoms with Gasteiger partial charge in [-0.1, -0.05) is 100 Å². The third-order valence-corrected chi connectivity index (χ3v) is 5.88. The zero-order valence-corrected chi connectivity index (χ0v) is 19.2. The SMILES string of the molecule is CCCCCCCC/C(CCC)=C(/C)c1cccc(-c2ccc(CNC)cc2)c1. The van der Waals surface area contributed by atoms with Crippen molar-refractivity contribution in [2.24, 2.45) is 0 Å². The van der Waals surface area contributed by atoms with E-state index in [2.05, 4.69) is 74.6 Å². The van der Waals surface area contributed by atoms with Crippen LogP contribution in [0.1, 0.15) is 89.7 Å². The van der Waals surface area contributed by atoms with Gasteiger partial charge in [-0.25, -0.2) is 0 Å². The average molecular weight is 392 g/mol. The molecule has 0 aliphatic carbocycles. The molecular weight excluding hydrogens is 350 g/mol. The molecule has 0 radical (unpaired) electrons. The number of rotatable bonds is 13. The molecule has 1 heteroatoms. The Labute approximate surface area is 179 Å². The summed E-state index contributed by atoms with van der Waals surface area (Å²) in [6.45, 7) is 7.84. The Morgan fingerprint density at radius 1 is 0.759 bits per heavy atom. The van der Waals surface area contributed by atoms with Gasteiger partial charge in [0.05, 0.1) is 0 Å². The minimum atomic E-state index is 0.918. The molecule has 2 aromatic carbocycles. The molecule has 0 aliphatic heterocycles. The fraction of sp³-hybridized carbons (Fsp3) is 0.500. The van der Waals surface area contributed by atoms with Crippen molar-refractivity contribution in [2.45, 2.75) is 85.1 Å². The molecule has 1 N–H and O–H groups in total. The first-order valence-corrected chi connectivity index (χ1v) is 11.7.